The van der Waals surface area contributed by atoms with E-state index in [1.54, 1.807) is 92.0 Å². The summed E-state index contributed by atoms with van der Waals surface area (Å²) in [6.07, 6.45) is 1.22. The maximum atomic E-state index is 13.6. The number of rotatable bonds is 11. The number of aryl methyl sites for hydroxylation is 1. The van der Waals surface area contributed by atoms with Gasteiger partial charge in [-0.1, -0.05) is 53.6 Å². The van der Waals surface area contributed by atoms with Crippen molar-refractivity contribution in [3.63, 3.8) is 0 Å². The van der Waals surface area contributed by atoms with Gasteiger partial charge in [0.05, 0.1) is 24.8 Å². The Morgan fingerprint density at radius 3 is 2.24 bits per heavy atom. The fourth-order valence-electron chi connectivity index (χ4n) is 3.81. The lowest BCUT2D eigenvalue weighted by atomic mass is 10.2. The van der Waals surface area contributed by atoms with Crippen molar-refractivity contribution in [1.82, 2.24) is 15.0 Å². The normalized spacial score (nSPS) is 11.5. The maximum Gasteiger partial charge on any atom is 0.329 e. The minimum atomic E-state index is -3.88. The van der Waals surface area contributed by atoms with Crippen LogP contribution in [-0.4, -0.2) is 37.9 Å². The molecule has 10 nitrogen and oxygen atoms in total. The molecule has 0 unspecified atom stereocenters. The van der Waals surface area contributed by atoms with Crippen molar-refractivity contribution in [3.05, 3.63) is 118 Å². The number of nitrogens with zero attached hydrogens (tertiary/aromatic N) is 2. The molecule has 0 atom stereocenters. The Bertz CT molecular complexity index is 1650. The van der Waals surface area contributed by atoms with Crippen LogP contribution in [0.3, 0.4) is 0 Å². The van der Waals surface area contributed by atoms with Crippen LogP contribution in [0.25, 0.3) is 0 Å². The molecule has 0 radical (unpaired) electrons. The second-order valence-corrected chi connectivity index (χ2v) is 11.6. The molecule has 0 fully saturated rings. The van der Waals surface area contributed by atoms with Gasteiger partial charge in [-0.2, -0.15) is 9.41 Å². The summed E-state index contributed by atoms with van der Waals surface area (Å²) in [6, 6.07) is 23.8. The molecule has 2 amide bonds. The van der Waals surface area contributed by atoms with Gasteiger partial charge < -0.3 is 14.5 Å². The summed E-state index contributed by atoms with van der Waals surface area (Å²) in [5, 5.41) is 6.82. The highest BCUT2D eigenvalue weighted by molar-refractivity contribution is 7.89. The Balaban J connectivity index is 1.39. The lowest BCUT2D eigenvalue weighted by Gasteiger charge is -2.21. The second kappa shape index (κ2) is 13.9. The third kappa shape index (κ3) is 8.29. The number of carbonyl (C=O) groups excluding carboxylic acids is 2. The van der Waals surface area contributed by atoms with Crippen molar-refractivity contribution < 1.29 is 27.2 Å². The molecule has 0 bridgehead atoms. The number of nitrogens with one attached hydrogen (secondary N) is 2. The van der Waals surface area contributed by atoms with Gasteiger partial charge in [0.1, 0.15) is 17.3 Å². The van der Waals surface area contributed by atoms with Crippen molar-refractivity contribution in [2.45, 2.75) is 31.5 Å². The van der Waals surface area contributed by atoms with Crippen LogP contribution in [0, 0.1) is 6.92 Å². The third-order valence-electron chi connectivity index (χ3n) is 6.12. The molecule has 0 saturated heterocycles. The van der Waals surface area contributed by atoms with Crippen LogP contribution in [0.15, 0.2) is 99.3 Å². The highest BCUT2D eigenvalue weighted by Gasteiger charge is 2.26. The lowest BCUT2D eigenvalue weighted by Crippen LogP contribution is -2.37. The zero-order chi connectivity index (χ0) is 30.1. The minimum absolute atomic E-state index is 0.0627. The molecular formula is C30H29ClN4O6S. The second-order valence-electron chi connectivity index (χ2n) is 9.25. The van der Waals surface area contributed by atoms with Crippen LogP contribution < -0.4 is 15.5 Å². The summed E-state index contributed by atoms with van der Waals surface area (Å²) in [6.45, 7) is 2.05. The van der Waals surface area contributed by atoms with Crippen LogP contribution in [0.1, 0.15) is 28.2 Å². The van der Waals surface area contributed by atoms with Crippen molar-refractivity contribution in [2.75, 3.05) is 7.11 Å². The molecule has 0 aliphatic carbocycles. The number of amides is 2. The van der Waals surface area contributed by atoms with Gasteiger partial charge in [0.15, 0.2) is 0 Å². The van der Waals surface area contributed by atoms with Gasteiger partial charge in [0.25, 0.3) is 0 Å². The van der Waals surface area contributed by atoms with E-state index in [4.69, 9.17) is 20.8 Å². The molecule has 0 spiro atoms. The lowest BCUT2D eigenvalue weighted by molar-refractivity contribution is -0.139. The van der Waals surface area contributed by atoms with Gasteiger partial charge >= 0.3 is 11.8 Å². The number of carbonyl (C=O) groups is 2. The first-order valence-electron chi connectivity index (χ1n) is 12.8. The SMILES string of the molecule is COc1ccc(CNC(=O)C(=O)N/N=C/c2ccc(CN(Cc3ccc(Cl)cc3)S(=O)(=O)c3ccc(C)cc3)o2)cc1. The molecule has 0 aliphatic heterocycles. The first-order chi connectivity index (χ1) is 20.1. The van der Waals surface area contributed by atoms with E-state index in [2.05, 4.69) is 15.8 Å². The van der Waals surface area contributed by atoms with Gasteiger partial charge in [-0.05, 0) is 66.6 Å². The fourth-order valence-corrected chi connectivity index (χ4v) is 5.33. The van der Waals surface area contributed by atoms with E-state index < -0.39 is 21.8 Å². The molecule has 4 aromatic rings. The molecule has 1 heterocycles. The number of halogens is 1. The number of benzene rings is 3. The highest BCUT2D eigenvalue weighted by Crippen LogP contribution is 2.23. The number of methoxy groups -OCH3 is 1. The van der Waals surface area contributed by atoms with Gasteiger partial charge in [-0.15, -0.1) is 0 Å². The van der Waals surface area contributed by atoms with E-state index in [1.165, 1.54) is 10.5 Å². The number of hydrazone groups is 1. The van der Waals surface area contributed by atoms with E-state index in [1.807, 2.05) is 6.92 Å². The van der Waals surface area contributed by atoms with Crippen molar-refractivity contribution in [2.24, 2.45) is 5.10 Å². The Kier molecular flexibility index (Phi) is 10.1. The largest absolute Gasteiger partial charge is 0.497 e. The Hall–Kier alpha value is -4.45. The van der Waals surface area contributed by atoms with Gasteiger partial charge in [-0.3, -0.25) is 9.59 Å². The Morgan fingerprint density at radius 1 is 0.905 bits per heavy atom. The predicted octanol–water partition coefficient (Wildman–Crippen LogP) is 4.41. The fraction of sp³-hybridized carbons (Fsp3) is 0.167. The quantitative estimate of drug-likeness (QED) is 0.147. The van der Waals surface area contributed by atoms with Crippen LogP contribution in [0.4, 0.5) is 0 Å². The van der Waals surface area contributed by atoms with E-state index >= 15 is 0 Å². The molecule has 12 heteroatoms. The molecule has 4 rings (SSSR count). The summed E-state index contributed by atoms with van der Waals surface area (Å²) in [5.41, 5.74) is 4.62. The summed E-state index contributed by atoms with van der Waals surface area (Å²) >= 11 is 6.00. The Labute approximate surface area is 249 Å². The first-order valence-corrected chi connectivity index (χ1v) is 14.6. The number of ether oxygens (including phenoxy) is 1. The van der Waals surface area contributed by atoms with Crippen LogP contribution in [-0.2, 0) is 39.2 Å². The van der Waals surface area contributed by atoms with Crippen LogP contribution >= 0.6 is 11.6 Å². The summed E-state index contributed by atoms with van der Waals surface area (Å²) < 4.78 is 39.2. The zero-order valence-electron chi connectivity index (χ0n) is 22.9. The number of sulfonamides is 1. The molecule has 1 aromatic heterocycles. The predicted molar refractivity (Wildman–Crippen MR) is 158 cm³/mol. The van der Waals surface area contributed by atoms with Gasteiger partial charge in [0, 0.05) is 18.1 Å². The van der Waals surface area contributed by atoms with Crippen LogP contribution in [0.5, 0.6) is 5.75 Å². The molecule has 218 valence electrons. The van der Waals surface area contributed by atoms with E-state index in [0.29, 0.717) is 16.5 Å². The van der Waals surface area contributed by atoms with Crippen molar-refractivity contribution in [3.8, 4) is 5.75 Å². The minimum Gasteiger partial charge on any atom is -0.497 e. The number of furan rings is 1. The highest BCUT2D eigenvalue weighted by atomic mass is 35.5. The summed E-state index contributed by atoms with van der Waals surface area (Å²) in [7, 11) is -2.33. The molecule has 2 N–H and O–H groups in total. The van der Waals surface area contributed by atoms with E-state index in [0.717, 1.165) is 16.7 Å². The zero-order valence-corrected chi connectivity index (χ0v) is 24.5. The van der Waals surface area contributed by atoms with Crippen molar-refractivity contribution in [1.29, 1.82) is 0 Å². The van der Waals surface area contributed by atoms with E-state index in [9.17, 15) is 18.0 Å². The molecule has 0 saturated carbocycles. The Morgan fingerprint density at radius 2 is 1.57 bits per heavy atom. The van der Waals surface area contributed by atoms with Crippen LogP contribution in [0.2, 0.25) is 5.02 Å². The first kappa shape index (κ1) is 30.5. The average molecular weight is 609 g/mol. The molecule has 42 heavy (non-hydrogen) atoms. The average Bonchev–Trinajstić information content (AvgIpc) is 3.44. The summed E-state index contributed by atoms with van der Waals surface area (Å²) in [5.74, 6) is -0.527. The van der Waals surface area contributed by atoms with Gasteiger partial charge in [-0.25, -0.2) is 13.8 Å². The third-order valence-corrected chi connectivity index (χ3v) is 8.18. The van der Waals surface area contributed by atoms with Crippen molar-refractivity contribution >= 4 is 39.7 Å². The smallest absolute Gasteiger partial charge is 0.329 e. The number of hydrogen-bond donors (Lipinski definition) is 2. The maximum absolute atomic E-state index is 13.6. The molecular weight excluding hydrogens is 580 g/mol. The van der Waals surface area contributed by atoms with Gasteiger partial charge in [0.2, 0.25) is 10.0 Å². The standard InChI is InChI=1S/C30H29ClN4O6S/c1-21-3-15-28(16-4-21)42(38,39)35(19-23-5-9-24(31)10-6-23)20-27-14-13-26(41-27)18-33-34-30(37)29(36)32-17-22-7-11-25(40-2)12-8-22/h3-16,18H,17,19-20H2,1-2H3,(H,32,36)(H,34,37)/b33-18+. The monoisotopic (exact) mass is 608 g/mol. The number of hydrogen-bond acceptors (Lipinski definition) is 7. The van der Waals surface area contributed by atoms with E-state index in [-0.39, 0.29) is 30.3 Å². The summed E-state index contributed by atoms with van der Waals surface area (Å²) in [4.78, 5) is 24.3. The molecule has 3 aromatic carbocycles. The molecule has 0 aliphatic rings. The topological polar surface area (TPSA) is 130 Å².